The predicted octanol–water partition coefficient (Wildman–Crippen LogP) is 0.670. The normalized spacial score (nSPS) is 21.7. The van der Waals surface area contributed by atoms with Crippen molar-refractivity contribution in [1.82, 2.24) is 10.1 Å². The number of carbonyl (C=O) groups excluding carboxylic acids is 1. The molecule has 0 spiro atoms. The number of rotatable bonds is 4. The summed E-state index contributed by atoms with van der Waals surface area (Å²) in [6, 6.07) is 7.29. The van der Waals surface area contributed by atoms with Crippen molar-refractivity contribution in [3.63, 3.8) is 0 Å². The zero-order valence-electron chi connectivity index (χ0n) is 12.1. The van der Waals surface area contributed by atoms with Gasteiger partial charge in [-0.3, -0.25) is 4.79 Å². The summed E-state index contributed by atoms with van der Waals surface area (Å²) in [4.78, 5) is 17.0. The summed E-state index contributed by atoms with van der Waals surface area (Å²) in [5, 5.41) is 4.67. The summed E-state index contributed by atoms with van der Waals surface area (Å²) in [5.74, 6) is 0.853. The van der Waals surface area contributed by atoms with Crippen LogP contribution in [0.1, 0.15) is 18.7 Å². The summed E-state index contributed by atoms with van der Waals surface area (Å²) in [6.45, 7) is 2.33. The molecule has 6 nitrogen and oxygen atoms in total. The SMILES string of the molecule is NC(=O)[C@H]1CCC[NH+](Cc2nc(-c3ccc(Cl)cc3)no2)C1. The highest BCUT2D eigenvalue weighted by atomic mass is 35.5. The number of primary amides is 1. The number of nitrogens with two attached hydrogens (primary N) is 1. The van der Waals surface area contributed by atoms with Gasteiger partial charge >= 0.3 is 0 Å². The topological polar surface area (TPSA) is 86.5 Å². The molecule has 2 aromatic rings. The number of piperidine rings is 1. The van der Waals surface area contributed by atoms with Crippen molar-refractivity contribution in [2.24, 2.45) is 11.7 Å². The molecule has 22 heavy (non-hydrogen) atoms. The van der Waals surface area contributed by atoms with E-state index in [0.29, 0.717) is 23.3 Å². The van der Waals surface area contributed by atoms with Gasteiger partial charge < -0.3 is 15.2 Å². The van der Waals surface area contributed by atoms with Crippen LogP contribution in [0.5, 0.6) is 0 Å². The van der Waals surface area contributed by atoms with Crippen molar-refractivity contribution >= 4 is 17.5 Å². The first kappa shape index (κ1) is 15.0. The predicted molar refractivity (Wildman–Crippen MR) is 81.1 cm³/mol. The maximum Gasteiger partial charge on any atom is 0.282 e. The molecule has 1 aromatic heterocycles. The van der Waals surface area contributed by atoms with Crippen LogP contribution in [0.25, 0.3) is 11.4 Å². The average molecular weight is 322 g/mol. The zero-order chi connectivity index (χ0) is 15.5. The fraction of sp³-hybridized carbons (Fsp3) is 0.400. The van der Waals surface area contributed by atoms with Gasteiger partial charge in [-0.2, -0.15) is 4.98 Å². The number of quaternary nitrogens is 1. The number of aromatic nitrogens is 2. The number of benzene rings is 1. The molecular formula is C15H18ClN4O2+. The molecule has 1 saturated heterocycles. The van der Waals surface area contributed by atoms with Crippen molar-refractivity contribution in [2.75, 3.05) is 13.1 Å². The maximum atomic E-state index is 11.3. The van der Waals surface area contributed by atoms with Gasteiger partial charge in [0.2, 0.25) is 11.7 Å². The molecule has 1 aliphatic heterocycles. The molecule has 3 rings (SSSR count). The van der Waals surface area contributed by atoms with Crippen molar-refractivity contribution in [1.29, 1.82) is 0 Å². The molecule has 1 amide bonds. The molecule has 1 aliphatic rings. The third-order valence-electron chi connectivity index (χ3n) is 3.99. The summed E-state index contributed by atoms with van der Waals surface area (Å²) < 4.78 is 5.32. The molecule has 0 aliphatic carbocycles. The minimum atomic E-state index is -0.218. The smallest absolute Gasteiger partial charge is 0.282 e. The fourth-order valence-electron chi connectivity index (χ4n) is 2.81. The lowest BCUT2D eigenvalue weighted by Gasteiger charge is -2.26. The van der Waals surface area contributed by atoms with E-state index in [2.05, 4.69) is 10.1 Å². The molecule has 0 saturated carbocycles. The number of hydrogen-bond acceptors (Lipinski definition) is 4. The van der Waals surface area contributed by atoms with Gasteiger partial charge in [-0.1, -0.05) is 16.8 Å². The third-order valence-corrected chi connectivity index (χ3v) is 4.24. The van der Waals surface area contributed by atoms with E-state index in [1.165, 1.54) is 4.90 Å². The van der Waals surface area contributed by atoms with E-state index >= 15 is 0 Å². The van der Waals surface area contributed by atoms with Gasteiger partial charge in [-0.25, -0.2) is 0 Å². The first-order valence-corrected chi connectivity index (χ1v) is 7.71. The van der Waals surface area contributed by atoms with Gasteiger partial charge in [0.1, 0.15) is 0 Å². The van der Waals surface area contributed by atoms with E-state index in [0.717, 1.165) is 31.5 Å². The van der Waals surface area contributed by atoms with Crippen LogP contribution >= 0.6 is 11.6 Å². The average Bonchev–Trinajstić information content (AvgIpc) is 2.96. The molecule has 3 N–H and O–H groups in total. The Balaban J connectivity index is 1.66. The Kier molecular flexibility index (Phi) is 4.40. The van der Waals surface area contributed by atoms with Gasteiger partial charge in [0.25, 0.3) is 5.89 Å². The first-order chi connectivity index (χ1) is 10.6. The molecule has 0 radical (unpaired) electrons. The van der Waals surface area contributed by atoms with Gasteiger partial charge in [0.15, 0.2) is 6.54 Å². The van der Waals surface area contributed by atoms with E-state index in [1.807, 2.05) is 12.1 Å². The van der Waals surface area contributed by atoms with Crippen molar-refractivity contribution < 1.29 is 14.2 Å². The van der Waals surface area contributed by atoms with Crippen LogP contribution in [-0.2, 0) is 11.3 Å². The molecule has 1 aromatic carbocycles. The fourth-order valence-corrected chi connectivity index (χ4v) is 2.94. The van der Waals surface area contributed by atoms with Crippen molar-refractivity contribution in [2.45, 2.75) is 19.4 Å². The second-order valence-electron chi connectivity index (χ2n) is 5.64. The Morgan fingerprint density at radius 2 is 2.18 bits per heavy atom. The highest BCUT2D eigenvalue weighted by molar-refractivity contribution is 6.30. The van der Waals surface area contributed by atoms with E-state index in [-0.39, 0.29) is 11.8 Å². The van der Waals surface area contributed by atoms with Crippen LogP contribution in [0.2, 0.25) is 5.02 Å². The van der Waals surface area contributed by atoms with Crippen molar-refractivity contribution in [3.05, 3.63) is 35.2 Å². The number of amides is 1. The number of nitrogens with one attached hydrogen (secondary N) is 1. The van der Waals surface area contributed by atoms with Crippen LogP contribution in [0.4, 0.5) is 0 Å². The van der Waals surface area contributed by atoms with E-state index in [1.54, 1.807) is 12.1 Å². The van der Waals surface area contributed by atoms with Gasteiger partial charge in [-0.05, 0) is 37.1 Å². The highest BCUT2D eigenvalue weighted by Crippen LogP contribution is 2.18. The van der Waals surface area contributed by atoms with Crippen LogP contribution in [0.15, 0.2) is 28.8 Å². The van der Waals surface area contributed by atoms with Crippen LogP contribution < -0.4 is 10.6 Å². The summed E-state index contributed by atoms with van der Waals surface area (Å²) in [5.41, 5.74) is 6.26. The van der Waals surface area contributed by atoms with Crippen LogP contribution in [0.3, 0.4) is 0 Å². The lowest BCUT2D eigenvalue weighted by molar-refractivity contribution is -0.922. The van der Waals surface area contributed by atoms with Gasteiger partial charge in [0.05, 0.1) is 19.0 Å². The molecule has 116 valence electrons. The first-order valence-electron chi connectivity index (χ1n) is 7.33. The monoisotopic (exact) mass is 321 g/mol. The lowest BCUT2D eigenvalue weighted by Crippen LogP contribution is -3.12. The van der Waals surface area contributed by atoms with Crippen molar-refractivity contribution in [3.8, 4) is 11.4 Å². The number of hydrogen-bond donors (Lipinski definition) is 2. The minimum Gasteiger partial charge on any atom is -0.369 e. The Morgan fingerprint density at radius 1 is 1.41 bits per heavy atom. The Labute approximate surface area is 133 Å². The van der Waals surface area contributed by atoms with Crippen LogP contribution in [0, 0.1) is 5.92 Å². The molecule has 1 unspecified atom stereocenters. The van der Waals surface area contributed by atoms with Gasteiger partial charge in [-0.15, -0.1) is 0 Å². The summed E-state index contributed by atoms with van der Waals surface area (Å²) in [7, 11) is 0. The minimum absolute atomic E-state index is 0.0533. The maximum absolute atomic E-state index is 11.3. The van der Waals surface area contributed by atoms with E-state index in [9.17, 15) is 4.79 Å². The standard InChI is InChI=1S/C15H17ClN4O2/c16-12-5-3-10(4-6-12)15-18-13(22-19-15)9-20-7-1-2-11(8-20)14(17)21/h3-6,11H,1-2,7-9H2,(H2,17,21)/p+1/t11-/m0/s1. The molecule has 0 bridgehead atoms. The molecular weight excluding hydrogens is 304 g/mol. The summed E-state index contributed by atoms with van der Waals surface area (Å²) in [6.07, 6.45) is 1.86. The van der Waals surface area contributed by atoms with E-state index in [4.69, 9.17) is 21.9 Å². The van der Waals surface area contributed by atoms with Crippen LogP contribution in [-0.4, -0.2) is 29.1 Å². The quantitative estimate of drug-likeness (QED) is 0.866. The summed E-state index contributed by atoms with van der Waals surface area (Å²) >= 11 is 5.87. The Morgan fingerprint density at radius 3 is 2.91 bits per heavy atom. The lowest BCUT2D eigenvalue weighted by atomic mass is 9.97. The van der Waals surface area contributed by atoms with E-state index < -0.39 is 0 Å². The number of carbonyl (C=O) groups is 1. The van der Waals surface area contributed by atoms with Gasteiger partial charge in [0, 0.05) is 10.6 Å². The Hall–Kier alpha value is -1.92. The second-order valence-corrected chi connectivity index (χ2v) is 6.08. The third kappa shape index (κ3) is 3.45. The highest BCUT2D eigenvalue weighted by Gasteiger charge is 2.28. The second kappa shape index (κ2) is 6.46. The number of nitrogens with zero attached hydrogens (tertiary/aromatic N) is 2. The zero-order valence-corrected chi connectivity index (χ0v) is 12.8. The molecule has 2 heterocycles. The largest absolute Gasteiger partial charge is 0.369 e. The molecule has 2 atom stereocenters. The molecule has 1 fully saturated rings. The molecule has 7 heteroatoms. The Bertz CT molecular complexity index is 656. The number of halogens is 1. The number of likely N-dealkylation sites (tertiary alicyclic amines) is 1.